The molecule has 2 saturated carbocycles. The highest BCUT2D eigenvalue weighted by molar-refractivity contribution is 5.39. The molecule has 0 nitrogen and oxygen atoms in total. The van der Waals surface area contributed by atoms with E-state index in [0.717, 1.165) is 29.2 Å². The molecule has 3 rings (SSSR count). The lowest BCUT2D eigenvalue weighted by molar-refractivity contribution is 0.319. The molecule has 0 N–H and O–H groups in total. The van der Waals surface area contributed by atoms with Gasteiger partial charge in [0.2, 0.25) is 0 Å². The average molecular weight is 335 g/mol. The van der Waals surface area contributed by atoms with Gasteiger partial charge in [0.05, 0.1) is 0 Å². The largest absolute Gasteiger partial charge is 0.0730 e. The van der Waals surface area contributed by atoms with Crippen LogP contribution in [0.25, 0.3) is 0 Å². The van der Waals surface area contributed by atoms with E-state index < -0.39 is 0 Å². The molecular weight excluding hydrogens is 300 g/mol. The molecule has 0 bridgehead atoms. The summed E-state index contributed by atoms with van der Waals surface area (Å²) < 4.78 is 0. The maximum absolute atomic E-state index is 3.30. The zero-order valence-electron chi connectivity index (χ0n) is 16.1. The van der Waals surface area contributed by atoms with Gasteiger partial charge in [-0.05, 0) is 86.0 Å². The number of hydrogen-bond acceptors (Lipinski definition) is 0. The van der Waals surface area contributed by atoms with E-state index in [1.54, 1.807) is 0 Å². The lowest BCUT2D eigenvalue weighted by atomic mass is 9.78. The van der Waals surface area contributed by atoms with Gasteiger partial charge in [0.15, 0.2) is 0 Å². The molecule has 0 aromatic heterocycles. The fourth-order valence-corrected chi connectivity index (χ4v) is 4.53. The van der Waals surface area contributed by atoms with Crippen LogP contribution in [0.15, 0.2) is 36.4 Å². The van der Waals surface area contributed by atoms with Crippen molar-refractivity contribution in [3.8, 4) is 11.8 Å². The zero-order chi connectivity index (χ0) is 17.5. The van der Waals surface area contributed by atoms with Crippen molar-refractivity contribution in [2.75, 3.05) is 0 Å². The smallest absolute Gasteiger partial charge is 0.0249 e. The summed E-state index contributed by atoms with van der Waals surface area (Å²) in [6, 6.07) is 9.05. The molecule has 134 valence electrons. The third-order valence-corrected chi connectivity index (χ3v) is 6.53. The molecule has 1 aromatic rings. The minimum absolute atomic E-state index is 0.756. The van der Waals surface area contributed by atoms with Crippen LogP contribution in [0.2, 0.25) is 0 Å². The van der Waals surface area contributed by atoms with E-state index in [9.17, 15) is 0 Å². The van der Waals surface area contributed by atoms with E-state index in [2.05, 4.69) is 62.1 Å². The van der Waals surface area contributed by atoms with Crippen molar-refractivity contribution in [3.05, 3.63) is 47.5 Å². The molecule has 0 spiro atoms. The van der Waals surface area contributed by atoms with Crippen LogP contribution in [-0.4, -0.2) is 0 Å². The minimum atomic E-state index is 0.756. The van der Waals surface area contributed by atoms with Crippen LogP contribution < -0.4 is 0 Å². The zero-order valence-corrected chi connectivity index (χ0v) is 16.1. The Morgan fingerprint density at radius 3 is 2.24 bits per heavy atom. The Balaban J connectivity index is 1.50. The lowest BCUT2D eigenvalue weighted by Gasteiger charge is -2.28. The monoisotopic (exact) mass is 334 g/mol. The quantitative estimate of drug-likeness (QED) is 0.517. The highest BCUT2D eigenvalue weighted by Crippen LogP contribution is 2.36. The second kappa shape index (κ2) is 9.28. The third kappa shape index (κ3) is 5.50. The van der Waals surface area contributed by atoms with Crippen LogP contribution in [0.1, 0.15) is 88.7 Å². The van der Waals surface area contributed by atoms with E-state index in [1.165, 1.54) is 63.4 Å². The first kappa shape index (κ1) is 18.3. The fraction of sp³-hybridized carbons (Fsp3) is 0.600. The summed E-state index contributed by atoms with van der Waals surface area (Å²) in [4.78, 5) is 0. The first-order valence-electron chi connectivity index (χ1n) is 10.5. The number of hydrogen-bond donors (Lipinski definition) is 0. The molecule has 0 heteroatoms. The van der Waals surface area contributed by atoms with Gasteiger partial charge in [-0.15, -0.1) is 0 Å². The Morgan fingerprint density at radius 2 is 1.60 bits per heavy atom. The van der Waals surface area contributed by atoms with Crippen LogP contribution in [0, 0.1) is 29.6 Å². The summed E-state index contributed by atoms with van der Waals surface area (Å²) in [5, 5.41) is 0. The molecule has 25 heavy (non-hydrogen) atoms. The summed E-state index contributed by atoms with van der Waals surface area (Å²) in [6.45, 7) is 4.71. The van der Waals surface area contributed by atoms with Crippen LogP contribution >= 0.6 is 0 Å². The molecule has 0 unspecified atom stereocenters. The number of allylic oxidation sites excluding steroid dienone is 2. The van der Waals surface area contributed by atoms with Crippen LogP contribution in [0.4, 0.5) is 0 Å². The van der Waals surface area contributed by atoms with Crippen molar-refractivity contribution in [1.82, 2.24) is 0 Å². The molecule has 0 atom stereocenters. The van der Waals surface area contributed by atoms with E-state index >= 15 is 0 Å². The van der Waals surface area contributed by atoms with Gasteiger partial charge in [-0.25, -0.2) is 0 Å². The number of rotatable bonds is 3. The predicted octanol–water partition coefficient (Wildman–Crippen LogP) is 7.10. The van der Waals surface area contributed by atoms with E-state index in [1.807, 2.05) is 0 Å². The van der Waals surface area contributed by atoms with E-state index in [4.69, 9.17) is 0 Å². The minimum Gasteiger partial charge on any atom is -0.0730 e. The first-order valence-corrected chi connectivity index (χ1v) is 10.5. The van der Waals surface area contributed by atoms with Gasteiger partial charge in [-0.1, -0.05) is 63.2 Å². The highest BCUT2D eigenvalue weighted by Gasteiger charge is 2.21. The van der Waals surface area contributed by atoms with E-state index in [0.29, 0.717) is 0 Å². The molecule has 0 aliphatic heterocycles. The Bertz CT molecular complexity index is 594. The van der Waals surface area contributed by atoms with E-state index in [-0.39, 0.29) is 0 Å². The first-order chi connectivity index (χ1) is 12.2. The van der Waals surface area contributed by atoms with Crippen LogP contribution in [-0.2, 0) is 0 Å². The second-order valence-electron chi connectivity index (χ2n) is 8.40. The maximum Gasteiger partial charge on any atom is 0.0249 e. The molecular formula is C25H34. The Kier molecular flexibility index (Phi) is 6.80. The Hall–Kier alpha value is -1.48. The van der Waals surface area contributed by atoms with Gasteiger partial charge >= 0.3 is 0 Å². The number of benzene rings is 1. The van der Waals surface area contributed by atoms with Crippen molar-refractivity contribution in [2.45, 2.75) is 77.6 Å². The summed E-state index contributed by atoms with van der Waals surface area (Å²) in [6.07, 6.45) is 16.8. The normalized spacial score (nSPS) is 30.0. The molecule has 2 fully saturated rings. The SMILES string of the molecule is CC[C@H]1CC[C@H](c2ccc(C#CC=C[C@H]3CC[C@H](C)CC3)cc2)CC1. The lowest BCUT2D eigenvalue weighted by Crippen LogP contribution is -2.12. The van der Waals surface area contributed by atoms with Gasteiger partial charge in [-0.2, -0.15) is 0 Å². The molecule has 1 aromatic carbocycles. The standard InChI is InChI=1S/C25H34/c1-3-21-12-16-24(17-13-21)25-18-14-23(15-19-25)7-5-4-6-22-10-8-20(2)9-11-22/h4,6,14-15,18-22,24H,3,8-13,16-17H2,1-2H3/t20-,21-,22-,24-. The summed E-state index contributed by atoms with van der Waals surface area (Å²) in [5.41, 5.74) is 2.67. The summed E-state index contributed by atoms with van der Waals surface area (Å²) in [5.74, 6) is 9.97. The van der Waals surface area contributed by atoms with Crippen molar-refractivity contribution in [3.63, 3.8) is 0 Å². The van der Waals surface area contributed by atoms with Crippen LogP contribution in [0.3, 0.4) is 0 Å². The topological polar surface area (TPSA) is 0 Å². The highest BCUT2D eigenvalue weighted by atomic mass is 14.3. The molecule has 0 amide bonds. The summed E-state index contributed by atoms with van der Waals surface area (Å²) >= 11 is 0. The molecule has 0 saturated heterocycles. The van der Waals surface area contributed by atoms with Gasteiger partial charge in [0.1, 0.15) is 0 Å². The van der Waals surface area contributed by atoms with Crippen molar-refractivity contribution in [1.29, 1.82) is 0 Å². The third-order valence-electron chi connectivity index (χ3n) is 6.53. The second-order valence-corrected chi connectivity index (χ2v) is 8.40. The molecule has 2 aliphatic rings. The van der Waals surface area contributed by atoms with Gasteiger partial charge in [-0.3, -0.25) is 0 Å². The molecule has 0 heterocycles. The summed E-state index contributed by atoms with van der Waals surface area (Å²) in [7, 11) is 0. The van der Waals surface area contributed by atoms with Crippen LogP contribution in [0.5, 0.6) is 0 Å². The molecule has 2 aliphatic carbocycles. The molecule has 0 radical (unpaired) electrons. The van der Waals surface area contributed by atoms with Crippen molar-refractivity contribution < 1.29 is 0 Å². The predicted molar refractivity (Wildman–Crippen MR) is 109 cm³/mol. The Labute approximate surface area is 155 Å². The van der Waals surface area contributed by atoms with Crippen molar-refractivity contribution >= 4 is 0 Å². The van der Waals surface area contributed by atoms with Gasteiger partial charge in [0.25, 0.3) is 0 Å². The van der Waals surface area contributed by atoms with Crippen molar-refractivity contribution in [2.24, 2.45) is 17.8 Å². The van der Waals surface area contributed by atoms with Gasteiger partial charge < -0.3 is 0 Å². The fourth-order valence-electron chi connectivity index (χ4n) is 4.53. The Morgan fingerprint density at radius 1 is 0.920 bits per heavy atom. The van der Waals surface area contributed by atoms with Gasteiger partial charge in [0, 0.05) is 5.56 Å². The average Bonchev–Trinajstić information content (AvgIpc) is 2.67. The maximum atomic E-state index is 3.30.